The largest absolute Gasteiger partial charge is 0.356 e. The molecule has 0 amide bonds. The first kappa shape index (κ1) is 8.73. The average Bonchev–Trinajstić information content (AvgIpc) is 2.85. The van der Waals surface area contributed by atoms with Crippen LogP contribution in [-0.2, 0) is 9.53 Å². The van der Waals surface area contributed by atoms with Crippen molar-refractivity contribution >= 4 is 17.4 Å². The van der Waals surface area contributed by atoms with Crippen LogP contribution >= 0.6 is 11.6 Å². The second-order valence-corrected chi connectivity index (χ2v) is 3.58. The number of hydrogen-bond donors (Lipinski definition) is 0. The first-order valence-corrected chi connectivity index (χ1v) is 4.47. The van der Waals surface area contributed by atoms with Gasteiger partial charge in [0.15, 0.2) is 5.78 Å². The molecule has 0 unspecified atom stereocenters. The lowest BCUT2D eigenvalue weighted by Gasteiger charge is -1.94. The molecule has 0 aliphatic carbocycles. The maximum absolute atomic E-state index is 10.9. The van der Waals surface area contributed by atoms with Crippen LogP contribution in [0.4, 0.5) is 0 Å². The number of hydrogen-bond acceptors (Lipinski definition) is 2. The van der Waals surface area contributed by atoms with Crippen LogP contribution in [0.3, 0.4) is 0 Å². The minimum Gasteiger partial charge on any atom is -0.356 e. The highest BCUT2D eigenvalue weighted by molar-refractivity contribution is 6.30. The van der Waals surface area contributed by atoms with E-state index < -0.39 is 0 Å². The molecule has 1 aromatic carbocycles. The topological polar surface area (TPSA) is 29.6 Å². The first-order valence-electron chi connectivity index (χ1n) is 4.10. The van der Waals surface area contributed by atoms with Crippen molar-refractivity contribution in [2.45, 2.75) is 19.1 Å². The molecule has 0 spiro atoms. The smallest absolute Gasteiger partial charge is 0.161 e. The van der Waals surface area contributed by atoms with Crippen molar-refractivity contribution < 1.29 is 9.53 Å². The summed E-state index contributed by atoms with van der Waals surface area (Å²) in [4.78, 5) is 10.9. The van der Waals surface area contributed by atoms with Crippen LogP contribution in [0.25, 0.3) is 0 Å². The molecule has 1 heterocycles. The summed E-state index contributed by atoms with van der Waals surface area (Å²) in [5.74, 6) is 0.0833. The zero-order valence-corrected chi connectivity index (χ0v) is 7.91. The summed E-state index contributed by atoms with van der Waals surface area (Å²) in [6.45, 7) is 1.54. The lowest BCUT2D eigenvalue weighted by molar-refractivity contribution is -0.118. The van der Waals surface area contributed by atoms with Gasteiger partial charge < -0.3 is 4.74 Å². The minimum absolute atomic E-state index is 0.0465. The number of ether oxygens (including phenoxy) is 1. The van der Waals surface area contributed by atoms with Crippen LogP contribution in [-0.4, -0.2) is 11.9 Å². The number of carbonyl (C=O) groups excluding carboxylic acids is 1. The molecule has 1 aromatic rings. The number of carbonyl (C=O) groups is 1. The quantitative estimate of drug-likeness (QED) is 0.680. The Balaban J connectivity index is 2.12. The minimum atomic E-state index is -0.235. The van der Waals surface area contributed by atoms with E-state index in [1.165, 1.54) is 0 Å². The van der Waals surface area contributed by atoms with Gasteiger partial charge >= 0.3 is 0 Å². The zero-order valence-electron chi connectivity index (χ0n) is 7.16. The molecule has 0 aromatic heterocycles. The molecule has 68 valence electrons. The van der Waals surface area contributed by atoms with Crippen LogP contribution in [0.5, 0.6) is 0 Å². The Morgan fingerprint density at radius 2 is 2.00 bits per heavy atom. The standard InChI is InChI=1S/C10H9ClO2/c1-6(12)9-10(13-9)7-2-4-8(11)5-3-7/h2-5,9-10H,1H3/t9-,10+/m0/s1. The highest BCUT2D eigenvalue weighted by Gasteiger charge is 2.43. The van der Waals surface area contributed by atoms with Gasteiger partial charge in [0, 0.05) is 5.02 Å². The van der Waals surface area contributed by atoms with Gasteiger partial charge in [-0.05, 0) is 24.6 Å². The number of benzene rings is 1. The predicted molar refractivity (Wildman–Crippen MR) is 49.7 cm³/mol. The lowest BCUT2D eigenvalue weighted by Crippen LogP contribution is -2.00. The van der Waals surface area contributed by atoms with Crippen molar-refractivity contribution in [2.24, 2.45) is 0 Å². The van der Waals surface area contributed by atoms with Crippen LogP contribution in [0.1, 0.15) is 18.6 Å². The molecule has 0 saturated carbocycles. The van der Waals surface area contributed by atoms with Crippen LogP contribution in [0, 0.1) is 0 Å². The van der Waals surface area contributed by atoms with Gasteiger partial charge in [0.05, 0.1) is 0 Å². The third-order valence-electron chi connectivity index (χ3n) is 2.09. The zero-order chi connectivity index (χ0) is 9.42. The third kappa shape index (κ3) is 1.74. The normalized spacial score (nSPS) is 25.7. The summed E-state index contributed by atoms with van der Waals surface area (Å²) in [7, 11) is 0. The summed E-state index contributed by atoms with van der Waals surface area (Å²) in [5, 5.41) is 0.698. The van der Waals surface area contributed by atoms with Gasteiger partial charge in [-0.1, -0.05) is 23.7 Å². The van der Waals surface area contributed by atoms with E-state index in [-0.39, 0.29) is 18.0 Å². The van der Waals surface area contributed by atoms with Crippen LogP contribution in [0.15, 0.2) is 24.3 Å². The Morgan fingerprint density at radius 1 is 1.38 bits per heavy atom. The molecule has 3 heteroatoms. The second kappa shape index (κ2) is 3.13. The Morgan fingerprint density at radius 3 is 2.46 bits per heavy atom. The van der Waals surface area contributed by atoms with Gasteiger partial charge in [0.1, 0.15) is 12.2 Å². The number of halogens is 1. The van der Waals surface area contributed by atoms with Crippen molar-refractivity contribution in [3.05, 3.63) is 34.9 Å². The average molecular weight is 197 g/mol. The maximum atomic E-state index is 10.9. The van der Waals surface area contributed by atoms with Crippen molar-refractivity contribution in [3.63, 3.8) is 0 Å². The van der Waals surface area contributed by atoms with Crippen molar-refractivity contribution in [1.82, 2.24) is 0 Å². The van der Waals surface area contributed by atoms with Gasteiger partial charge in [-0.15, -0.1) is 0 Å². The third-order valence-corrected chi connectivity index (χ3v) is 2.34. The molecule has 0 radical (unpaired) electrons. The Hall–Kier alpha value is -0.860. The van der Waals surface area contributed by atoms with Crippen LogP contribution in [0.2, 0.25) is 5.02 Å². The molecule has 13 heavy (non-hydrogen) atoms. The molecular formula is C10H9ClO2. The second-order valence-electron chi connectivity index (χ2n) is 3.14. The number of ketones is 1. The van der Waals surface area contributed by atoms with E-state index in [0.717, 1.165) is 5.56 Å². The van der Waals surface area contributed by atoms with Gasteiger partial charge in [-0.3, -0.25) is 4.79 Å². The van der Waals surface area contributed by atoms with E-state index in [4.69, 9.17) is 16.3 Å². The molecule has 1 aliphatic heterocycles. The monoisotopic (exact) mass is 196 g/mol. The first-order chi connectivity index (χ1) is 6.18. The van der Waals surface area contributed by atoms with Crippen LogP contribution < -0.4 is 0 Å². The Bertz CT molecular complexity index is 331. The van der Waals surface area contributed by atoms with E-state index >= 15 is 0 Å². The SMILES string of the molecule is CC(=O)[C@@H]1O[C@@H]1c1ccc(Cl)cc1. The van der Waals surface area contributed by atoms with E-state index in [1.54, 1.807) is 19.1 Å². The fourth-order valence-corrected chi connectivity index (χ4v) is 1.45. The molecular weight excluding hydrogens is 188 g/mol. The van der Waals surface area contributed by atoms with Crippen molar-refractivity contribution in [1.29, 1.82) is 0 Å². The fraction of sp³-hybridized carbons (Fsp3) is 0.300. The molecule has 1 fully saturated rings. The lowest BCUT2D eigenvalue weighted by atomic mass is 10.1. The van der Waals surface area contributed by atoms with E-state index in [9.17, 15) is 4.79 Å². The molecule has 2 rings (SSSR count). The molecule has 1 saturated heterocycles. The van der Waals surface area contributed by atoms with E-state index in [0.29, 0.717) is 5.02 Å². The Labute approximate surface area is 81.5 Å². The summed E-state index contributed by atoms with van der Waals surface area (Å²) >= 11 is 5.73. The summed E-state index contributed by atoms with van der Waals surface area (Å²) in [5.41, 5.74) is 1.02. The van der Waals surface area contributed by atoms with Crippen molar-refractivity contribution in [3.8, 4) is 0 Å². The Kier molecular flexibility index (Phi) is 2.10. The molecule has 0 bridgehead atoms. The molecule has 1 aliphatic rings. The predicted octanol–water partition coefficient (Wildman–Crippen LogP) is 2.37. The molecule has 2 nitrogen and oxygen atoms in total. The van der Waals surface area contributed by atoms with Gasteiger partial charge in [0.25, 0.3) is 0 Å². The van der Waals surface area contributed by atoms with E-state index in [1.807, 2.05) is 12.1 Å². The van der Waals surface area contributed by atoms with Gasteiger partial charge in [-0.25, -0.2) is 0 Å². The summed E-state index contributed by atoms with van der Waals surface area (Å²) < 4.78 is 5.21. The number of Topliss-reactive ketones (excluding diaryl/α,β-unsaturated/α-hetero) is 1. The number of rotatable bonds is 2. The fourth-order valence-electron chi connectivity index (χ4n) is 1.33. The summed E-state index contributed by atoms with van der Waals surface area (Å²) in [6.07, 6.45) is -0.282. The van der Waals surface area contributed by atoms with Crippen molar-refractivity contribution in [2.75, 3.05) is 0 Å². The highest BCUT2D eigenvalue weighted by Crippen LogP contribution is 2.39. The van der Waals surface area contributed by atoms with Gasteiger partial charge in [0.2, 0.25) is 0 Å². The molecule has 2 atom stereocenters. The van der Waals surface area contributed by atoms with Gasteiger partial charge in [-0.2, -0.15) is 0 Å². The molecule has 0 N–H and O–H groups in total. The summed E-state index contributed by atoms with van der Waals surface area (Å²) in [6, 6.07) is 7.37. The maximum Gasteiger partial charge on any atom is 0.161 e. The highest BCUT2D eigenvalue weighted by atomic mass is 35.5. The van der Waals surface area contributed by atoms with E-state index in [2.05, 4.69) is 0 Å². The number of epoxide rings is 1.